The van der Waals surface area contributed by atoms with E-state index in [0.29, 0.717) is 12.1 Å². The summed E-state index contributed by atoms with van der Waals surface area (Å²) in [6.45, 7) is 0. The Kier molecular flexibility index (Phi) is 5.39. The predicted octanol–water partition coefficient (Wildman–Crippen LogP) is 2.96. The number of rotatable bonds is 6. The molecule has 2 rings (SSSR count). The molecule has 0 saturated carbocycles. The van der Waals surface area contributed by atoms with Gasteiger partial charge in [-0.2, -0.15) is 0 Å². The second kappa shape index (κ2) is 7.68. The molecule has 28 heavy (non-hydrogen) atoms. The molecule has 0 bridgehead atoms. The minimum Gasteiger partial charge on any atom is -0.307 e. The minimum atomic E-state index is -1.09. The fourth-order valence-corrected chi connectivity index (χ4v) is 2.05. The monoisotopic (exact) mass is 392 g/mol. The number of nitro benzene ring substituents is 4. The molecule has 2 amide bonds. The van der Waals surface area contributed by atoms with Crippen molar-refractivity contribution < 1.29 is 24.5 Å². The highest BCUT2D eigenvalue weighted by molar-refractivity contribution is 6.00. The molecule has 2 N–H and O–H groups in total. The Balaban J connectivity index is 2.29. The number of non-ortho nitro benzene ring substituents is 4. The van der Waals surface area contributed by atoms with E-state index in [4.69, 9.17) is 0 Å². The van der Waals surface area contributed by atoms with Crippen molar-refractivity contribution in [3.05, 3.63) is 76.9 Å². The van der Waals surface area contributed by atoms with Crippen LogP contribution in [0, 0.1) is 40.5 Å². The zero-order valence-corrected chi connectivity index (χ0v) is 13.4. The summed E-state index contributed by atoms with van der Waals surface area (Å²) in [5, 5.41) is 47.5. The van der Waals surface area contributed by atoms with Crippen LogP contribution in [0.1, 0.15) is 0 Å². The van der Waals surface area contributed by atoms with E-state index in [1.54, 1.807) is 0 Å². The molecule has 0 unspecified atom stereocenters. The van der Waals surface area contributed by atoms with E-state index in [1.807, 2.05) is 0 Å². The second-order valence-corrected chi connectivity index (χ2v) is 5.08. The molecule has 0 heterocycles. The Morgan fingerprint density at radius 2 is 0.821 bits per heavy atom. The first-order valence-electron chi connectivity index (χ1n) is 7.02. The van der Waals surface area contributed by atoms with Gasteiger partial charge in [-0.05, 0) is 0 Å². The number of hydrogen-bond acceptors (Lipinski definition) is 9. The normalized spacial score (nSPS) is 10.0. The molecule has 15 nitrogen and oxygen atoms in total. The second-order valence-electron chi connectivity index (χ2n) is 5.08. The number of carbonyl (C=O) groups excluding carboxylic acids is 1. The third kappa shape index (κ3) is 4.69. The van der Waals surface area contributed by atoms with Crippen LogP contribution in [0.4, 0.5) is 38.9 Å². The molecule has 144 valence electrons. The lowest BCUT2D eigenvalue weighted by atomic mass is 10.2. The molecule has 0 aliphatic rings. The Hall–Kier alpha value is -4.69. The number of benzene rings is 2. The number of nitro groups is 4. The average molecular weight is 392 g/mol. The van der Waals surface area contributed by atoms with Crippen molar-refractivity contribution in [1.82, 2.24) is 0 Å². The summed E-state index contributed by atoms with van der Waals surface area (Å²) < 4.78 is 0. The standard InChI is InChI=1S/C13H8N6O9/c20-13(14-7-1-9(16(21)22)5-10(2-7)17(23)24)15-8-3-11(18(25)26)6-12(4-8)19(27)28/h1-6H,(H2,14,15,20). The van der Waals surface area contributed by atoms with Gasteiger partial charge in [-0.3, -0.25) is 40.5 Å². The van der Waals surface area contributed by atoms with Crippen molar-refractivity contribution in [3.8, 4) is 0 Å². The summed E-state index contributed by atoms with van der Waals surface area (Å²) >= 11 is 0. The molecule has 0 saturated heterocycles. The molecule has 0 aromatic heterocycles. The van der Waals surface area contributed by atoms with Gasteiger partial charge in [0.1, 0.15) is 0 Å². The number of nitrogens with one attached hydrogen (secondary N) is 2. The lowest BCUT2D eigenvalue weighted by molar-refractivity contribution is -0.394. The van der Waals surface area contributed by atoms with E-state index in [1.165, 1.54) is 0 Å². The molecule has 2 aromatic carbocycles. The van der Waals surface area contributed by atoms with Gasteiger partial charge in [0.15, 0.2) is 0 Å². The zero-order chi connectivity index (χ0) is 21.0. The molecule has 0 spiro atoms. The van der Waals surface area contributed by atoms with Gasteiger partial charge in [0.25, 0.3) is 22.7 Å². The van der Waals surface area contributed by atoms with Crippen LogP contribution in [0.2, 0.25) is 0 Å². The lowest BCUT2D eigenvalue weighted by Crippen LogP contribution is -2.19. The number of nitrogens with zero attached hydrogens (tertiary/aromatic N) is 4. The summed E-state index contributed by atoms with van der Waals surface area (Å²) in [5.74, 6) is 0. The number of anilines is 2. The highest BCUT2D eigenvalue weighted by Gasteiger charge is 2.20. The van der Waals surface area contributed by atoms with Gasteiger partial charge in [-0.15, -0.1) is 0 Å². The summed E-state index contributed by atoms with van der Waals surface area (Å²) in [5.41, 5.74) is -3.24. The number of hydrogen-bond donors (Lipinski definition) is 2. The summed E-state index contributed by atoms with van der Waals surface area (Å²) in [7, 11) is 0. The zero-order valence-electron chi connectivity index (χ0n) is 13.4. The fraction of sp³-hybridized carbons (Fsp3) is 0. The van der Waals surface area contributed by atoms with Crippen molar-refractivity contribution in [2.24, 2.45) is 0 Å². The van der Waals surface area contributed by atoms with E-state index < -0.39 is 48.5 Å². The maximum atomic E-state index is 12.0. The highest BCUT2D eigenvalue weighted by Crippen LogP contribution is 2.27. The van der Waals surface area contributed by atoms with Crippen LogP contribution < -0.4 is 10.6 Å². The molecular formula is C13H8N6O9. The van der Waals surface area contributed by atoms with Crippen LogP contribution in [-0.4, -0.2) is 25.7 Å². The van der Waals surface area contributed by atoms with Crippen LogP contribution in [0.5, 0.6) is 0 Å². The maximum Gasteiger partial charge on any atom is 0.323 e. The molecule has 0 atom stereocenters. The number of amides is 2. The van der Waals surface area contributed by atoms with E-state index in [2.05, 4.69) is 10.6 Å². The lowest BCUT2D eigenvalue weighted by Gasteiger charge is -2.08. The average Bonchev–Trinajstić information content (AvgIpc) is 2.60. The number of carbonyl (C=O) groups is 1. The van der Waals surface area contributed by atoms with E-state index in [9.17, 15) is 45.3 Å². The van der Waals surface area contributed by atoms with E-state index in [0.717, 1.165) is 24.3 Å². The third-order valence-electron chi connectivity index (χ3n) is 3.16. The predicted molar refractivity (Wildman–Crippen MR) is 92.1 cm³/mol. The van der Waals surface area contributed by atoms with Gasteiger partial charge in [0, 0.05) is 24.3 Å². The van der Waals surface area contributed by atoms with Gasteiger partial charge in [0.05, 0.1) is 43.2 Å². The van der Waals surface area contributed by atoms with Crippen molar-refractivity contribution in [2.45, 2.75) is 0 Å². The Bertz CT molecular complexity index is 878. The van der Waals surface area contributed by atoms with Crippen molar-refractivity contribution >= 4 is 40.2 Å². The first-order valence-corrected chi connectivity index (χ1v) is 7.02. The maximum absolute atomic E-state index is 12.0. The quantitative estimate of drug-likeness (QED) is 0.545. The fourth-order valence-electron chi connectivity index (χ4n) is 2.05. The molecule has 0 fully saturated rings. The molecule has 0 aliphatic carbocycles. The van der Waals surface area contributed by atoms with Gasteiger partial charge < -0.3 is 10.6 Å². The largest absolute Gasteiger partial charge is 0.323 e. The highest BCUT2D eigenvalue weighted by atomic mass is 16.6. The van der Waals surface area contributed by atoms with Crippen molar-refractivity contribution in [2.75, 3.05) is 10.6 Å². The molecular weight excluding hydrogens is 384 g/mol. The van der Waals surface area contributed by atoms with Gasteiger partial charge in [-0.25, -0.2) is 4.79 Å². The van der Waals surface area contributed by atoms with Gasteiger partial charge in [0.2, 0.25) is 0 Å². The van der Waals surface area contributed by atoms with E-state index in [-0.39, 0.29) is 11.4 Å². The molecule has 2 aromatic rings. The summed E-state index contributed by atoms with van der Waals surface area (Å²) in [6, 6.07) is 3.68. The topological polar surface area (TPSA) is 214 Å². The SMILES string of the molecule is O=C(Nc1cc([N+](=O)[O-])cc([N+](=O)[O-])c1)Nc1cc([N+](=O)[O-])cc([N+](=O)[O-])c1. The van der Waals surface area contributed by atoms with Crippen molar-refractivity contribution in [3.63, 3.8) is 0 Å². The van der Waals surface area contributed by atoms with E-state index >= 15 is 0 Å². The Morgan fingerprint density at radius 3 is 1.04 bits per heavy atom. The number of urea groups is 1. The van der Waals surface area contributed by atoms with Crippen LogP contribution in [0.25, 0.3) is 0 Å². The molecule has 15 heteroatoms. The molecule has 0 radical (unpaired) electrons. The first-order chi connectivity index (χ1) is 13.1. The van der Waals surface area contributed by atoms with Crippen LogP contribution in [0.3, 0.4) is 0 Å². The minimum absolute atomic E-state index is 0.307. The Morgan fingerprint density at radius 1 is 0.571 bits per heavy atom. The van der Waals surface area contributed by atoms with Crippen LogP contribution >= 0.6 is 0 Å². The first kappa shape index (κ1) is 19.6. The smallest absolute Gasteiger partial charge is 0.307 e. The summed E-state index contributed by atoms with van der Waals surface area (Å²) in [4.78, 5) is 51.7. The van der Waals surface area contributed by atoms with Crippen LogP contribution in [-0.2, 0) is 0 Å². The Labute approximate surface area is 153 Å². The third-order valence-corrected chi connectivity index (χ3v) is 3.16. The van der Waals surface area contributed by atoms with Crippen LogP contribution in [0.15, 0.2) is 36.4 Å². The summed E-state index contributed by atoms with van der Waals surface area (Å²) in [6.07, 6.45) is 0. The molecule has 0 aliphatic heterocycles. The van der Waals surface area contributed by atoms with Crippen molar-refractivity contribution in [1.29, 1.82) is 0 Å². The van der Waals surface area contributed by atoms with Gasteiger partial charge in [-0.1, -0.05) is 0 Å². The van der Waals surface area contributed by atoms with Gasteiger partial charge >= 0.3 is 6.03 Å².